The van der Waals surface area contributed by atoms with Crippen LogP contribution in [0.1, 0.15) is 31.1 Å². The molecule has 0 aromatic heterocycles. The molecule has 4 rings (SSSR count). The van der Waals surface area contributed by atoms with Gasteiger partial charge in [-0.15, -0.1) is 0 Å². The van der Waals surface area contributed by atoms with Crippen molar-refractivity contribution in [1.29, 1.82) is 0 Å². The molecule has 3 aromatic carbocycles. The first-order valence-electron chi connectivity index (χ1n) is 10.3. The number of benzene rings is 3. The van der Waals surface area contributed by atoms with Gasteiger partial charge in [0.2, 0.25) is 0 Å². The van der Waals surface area contributed by atoms with Crippen LogP contribution in [0.2, 0.25) is 5.02 Å². The van der Waals surface area contributed by atoms with Crippen molar-refractivity contribution >= 4 is 35.0 Å². The lowest BCUT2D eigenvalue weighted by Gasteiger charge is -2.35. The minimum absolute atomic E-state index is 0.0851. The Morgan fingerprint density at radius 2 is 1.22 bits per heavy atom. The van der Waals surface area contributed by atoms with E-state index < -0.39 is 0 Å². The summed E-state index contributed by atoms with van der Waals surface area (Å²) in [6, 6.07) is 22.6. The van der Waals surface area contributed by atoms with Crippen LogP contribution in [0.15, 0.2) is 78.9 Å². The summed E-state index contributed by atoms with van der Waals surface area (Å²) in [6.45, 7) is 1.83. The molecule has 0 bridgehead atoms. The van der Waals surface area contributed by atoms with Crippen LogP contribution in [0.4, 0.5) is 5.69 Å². The first kappa shape index (κ1) is 21.6. The molecule has 0 radical (unpaired) electrons. The molecule has 0 unspecified atom stereocenters. The van der Waals surface area contributed by atoms with Gasteiger partial charge in [-0.3, -0.25) is 14.4 Å². The number of anilines is 1. The zero-order chi connectivity index (χ0) is 22.5. The van der Waals surface area contributed by atoms with Gasteiger partial charge in [0, 0.05) is 53.6 Å². The van der Waals surface area contributed by atoms with Crippen LogP contribution in [0.3, 0.4) is 0 Å². The zero-order valence-electron chi connectivity index (χ0n) is 17.3. The van der Waals surface area contributed by atoms with Crippen molar-refractivity contribution in [1.82, 2.24) is 9.80 Å². The summed E-state index contributed by atoms with van der Waals surface area (Å²) in [6.07, 6.45) is 0. The molecule has 1 heterocycles. The largest absolute Gasteiger partial charge is 0.335 e. The van der Waals surface area contributed by atoms with E-state index in [0.717, 1.165) is 0 Å². The Morgan fingerprint density at radius 3 is 1.81 bits per heavy atom. The Balaban J connectivity index is 1.33. The van der Waals surface area contributed by atoms with Gasteiger partial charge in [0.1, 0.15) is 0 Å². The maximum atomic E-state index is 12.9. The van der Waals surface area contributed by atoms with E-state index in [1.165, 1.54) is 0 Å². The summed E-state index contributed by atoms with van der Waals surface area (Å²) < 4.78 is 0. The molecule has 0 spiro atoms. The van der Waals surface area contributed by atoms with Gasteiger partial charge in [0.05, 0.1) is 0 Å². The molecule has 1 saturated heterocycles. The highest BCUT2D eigenvalue weighted by molar-refractivity contribution is 6.31. The average molecular weight is 448 g/mol. The van der Waals surface area contributed by atoms with Crippen LogP contribution in [0.25, 0.3) is 0 Å². The minimum Gasteiger partial charge on any atom is -0.335 e. The maximum Gasteiger partial charge on any atom is 0.255 e. The van der Waals surface area contributed by atoms with E-state index in [1.807, 2.05) is 6.07 Å². The van der Waals surface area contributed by atoms with Gasteiger partial charge in [-0.2, -0.15) is 0 Å². The van der Waals surface area contributed by atoms with Crippen LogP contribution >= 0.6 is 11.6 Å². The molecule has 162 valence electrons. The normalized spacial score (nSPS) is 13.5. The van der Waals surface area contributed by atoms with E-state index in [9.17, 15) is 14.4 Å². The van der Waals surface area contributed by atoms with Crippen molar-refractivity contribution in [3.63, 3.8) is 0 Å². The van der Waals surface area contributed by atoms with Crippen molar-refractivity contribution < 1.29 is 14.4 Å². The smallest absolute Gasteiger partial charge is 0.255 e. The quantitative estimate of drug-likeness (QED) is 0.652. The van der Waals surface area contributed by atoms with Crippen LogP contribution in [-0.2, 0) is 0 Å². The maximum absolute atomic E-state index is 12.9. The molecule has 0 aliphatic carbocycles. The molecule has 1 N–H and O–H groups in total. The van der Waals surface area contributed by atoms with Crippen LogP contribution in [0, 0.1) is 0 Å². The first-order chi connectivity index (χ1) is 15.5. The topological polar surface area (TPSA) is 69.7 Å². The van der Waals surface area contributed by atoms with E-state index in [-0.39, 0.29) is 17.7 Å². The number of rotatable bonds is 4. The summed E-state index contributed by atoms with van der Waals surface area (Å²) in [7, 11) is 0. The van der Waals surface area contributed by atoms with E-state index >= 15 is 0 Å². The van der Waals surface area contributed by atoms with Crippen LogP contribution in [0.5, 0.6) is 0 Å². The van der Waals surface area contributed by atoms with Crippen LogP contribution < -0.4 is 5.32 Å². The van der Waals surface area contributed by atoms with Crippen molar-refractivity contribution in [3.05, 3.63) is 101 Å². The van der Waals surface area contributed by atoms with Crippen molar-refractivity contribution in [2.24, 2.45) is 0 Å². The molecule has 32 heavy (non-hydrogen) atoms. The number of amides is 3. The fourth-order valence-electron chi connectivity index (χ4n) is 3.59. The van der Waals surface area contributed by atoms with Crippen molar-refractivity contribution in [2.45, 2.75) is 0 Å². The Morgan fingerprint density at radius 1 is 0.656 bits per heavy atom. The molecule has 1 aliphatic heterocycles. The predicted octanol–water partition coefficient (Wildman–Crippen LogP) is 4.19. The highest BCUT2D eigenvalue weighted by Crippen LogP contribution is 2.17. The molecular weight excluding hydrogens is 426 g/mol. The summed E-state index contributed by atoms with van der Waals surface area (Å²) in [5, 5.41) is 3.35. The molecule has 1 fully saturated rings. The van der Waals surface area contributed by atoms with E-state index in [1.54, 1.807) is 82.6 Å². The fraction of sp³-hybridized carbons (Fsp3) is 0.160. The third-order valence-corrected chi connectivity index (χ3v) is 5.59. The first-order valence-corrected chi connectivity index (χ1v) is 10.7. The molecule has 0 atom stereocenters. The van der Waals surface area contributed by atoms with Gasteiger partial charge in [0.15, 0.2) is 0 Å². The number of carbonyl (C=O) groups is 3. The summed E-state index contributed by atoms with van der Waals surface area (Å²) in [5.41, 5.74) is 2.27. The molecule has 7 heteroatoms. The second-order valence-corrected chi connectivity index (χ2v) is 7.93. The Bertz CT molecular complexity index is 1120. The zero-order valence-corrected chi connectivity index (χ0v) is 18.1. The third-order valence-electron chi connectivity index (χ3n) is 5.35. The second kappa shape index (κ2) is 9.66. The molecule has 0 saturated carbocycles. The predicted molar refractivity (Wildman–Crippen MR) is 124 cm³/mol. The minimum atomic E-state index is -0.204. The lowest BCUT2D eigenvalue weighted by molar-refractivity contribution is 0.0535. The number of carbonyl (C=O) groups excluding carboxylic acids is 3. The molecule has 1 aliphatic rings. The lowest BCUT2D eigenvalue weighted by atomic mass is 10.1. The Hall–Kier alpha value is -3.64. The van der Waals surface area contributed by atoms with Crippen LogP contribution in [-0.4, -0.2) is 53.7 Å². The number of nitrogens with one attached hydrogen (secondary N) is 1. The Kier molecular flexibility index (Phi) is 6.52. The highest BCUT2D eigenvalue weighted by Gasteiger charge is 2.25. The average Bonchev–Trinajstić information content (AvgIpc) is 2.84. The molecule has 6 nitrogen and oxygen atoms in total. The van der Waals surface area contributed by atoms with Gasteiger partial charge in [-0.1, -0.05) is 35.9 Å². The molecule has 3 amide bonds. The van der Waals surface area contributed by atoms with Gasteiger partial charge < -0.3 is 15.1 Å². The second-order valence-electron chi connectivity index (χ2n) is 7.49. The van der Waals surface area contributed by atoms with Crippen molar-refractivity contribution in [3.8, 4) is 0 Å². The summed E-state index contributed by atoms with van der Waals surface area (Å²) in [4.78, 5) is 41.2. The lowest BCUT2D eigenvalue weighted by Crippen LogP contribution is -2.50. The summed E-state index contributed by atoms with van der Waals surface area (Å²) in [5.74, 6) is -0.385. The number of hydrogen-bond acceptors (Lipinski definition) is 3. The van der Waals surface area contributed by atoms with Gasteiger partial charge in [-0.25, -0.2) is 0 Å². The van der Waals surface area contributed by atoms with Gasteiger partial charge in [-0.05, 0) is 54.6 Å². The fourth-order valence-corrected chi connectivity index (χ4v) is 3.78. The van der Waals surface area contributed by atoms with E-state index in [2.05, 4.69) is 5.32 Å². The number of piperazine rings is 1. The summed E-state index contributed by atoms with van der Waals surface area (Å²) >= 11 is 5.98. The molecular formula is C25H22ClN3O3. The standard InChI is InChI=1S/C25H22ClN3O3/c26-21-8-4-7-20(17-21)25(32)29-15-13-28(14-16-29)24(31)19-9-11-22(12-10-19)27-23(30)18-5-2-1-3-6-18/h1-12,17H,13-16H2,(H,27,30). The van der Waals surface area contributed by atoms with E-state index in [0.29, 0.717) is 53.6 Å². The third kappa shape index (κ3) is 4.98. The van der Waals surface area contributed by atoms with Gasteiger partial charge in [0.25, 0.3) is 17.7 Å². The SMILES string of the molecule is O=C(Nc1ccc(C(=O)N2CCN(C(=O)c3cccc(Cl)c3)CC2)cc1)c1ccccc1. The highest BCUT2D eigenvalue weighted by atomic mass is 35.5. The number of nitrogens with zero attached hydrogens (tertiary/aromatic N) is 2. The monoisotopic (exact) mass is 447 g/mol. The number of halogens is 1. The van der Waals surface area contributed by atoms with Crippen molar-refractivity contribution in [2.75, 3.05) is 31.5 Å². The number of hydrogen-bond donors (Lipinski definition) is 1. The Labute approximate surface area is 191 Å². The van der Waals surface area contributed by atoms with E-state index in [4.69, 9.17) is 11.6 Å². The molecule has 3 aromatic rings. The van der Waals surface area contributed by atoms with Gasteiger partial charge >= 0.3 is 0 Å².